The smallest absolute Gasteiger partial charge is 0.409 e. The maximum atomic E-state index is 11.8. The number of rotatable bonds is 8. The van der Waals surface area contributed by atoms with Gasteiger partial charge in [0.2, 0.25) is 0 Å². The number of hydrogen-bond donors (Lipinski definition) is 2. The molecule has 0 aliphatic carbocycles. The number of nitrogens with one attached hydrogen (secondary N) is 2. The lowest BCUT2D eigenvalue weighted by Gasteiger charge is -2.32. The predicted molar refractivity (Wildman–Crippen MR) is 100.0 cm³/mol. The molecule has 26 heavy (non-hydrogen) atoms. The summed E-state index contributed by atoms with van der Waals surface area (Å²) >= 11 is 0. The van der Waals surface area contributed by atoms with Gasteiger partial charge < -0.3 is 24.8 Å². The molecule has 0 radical (unpaired) electrons. The second-order valence-electron chi connectivity index (χ2n) is 6.27. The highest BCUT2D eigenvalue weighted by atomic mass is 16.6. The van der Waals surface area contributed by atoms with Crippen LogP contribution in [0.4, 0.5) is 4.79 Å². The first-order valence-electron chi connectivity index (χ1n) is 9.51. The van der Waals surface area contributed by atoms with Crippen molar-refractivity contribution in [1.82, 2.24) is 30.3 Å². The summed E-state index contributed by atoms with van der Waals surface area (Å²) in [5.41, 5.74) is 0. The Labute approximate surface area is 155 Å². The number of nitrogens with zero attached hydrogens (tertiary/aromatic N) is 5. The van der Waals surface area contributed by atoms with Crippen molar-refractivity contribution in [2.45, 2.75) is 52.1 Å². The van der Waals surface area contributed by atoms with Crippen molar-refractivity contribution < 1.29 is 9.53 Å². The predicted octanol–water partition coefficient (Wildman–Crippen LogP) is 1.23. The largest absolute Gasteiger partial charge is 0.450 e. The van der Waals surface area contributed by atoms with E-state index in [-0.39, 0.29) is 6.09 Å². The summed E-state index contributed by atoms with van der Waals surface area (Å²) in [7, 11) is 0. The third-order valence-corrected chi connectivity index (χ3v) is 4.27. The fourth-order valence-electron chi connectivity index (χ4n) is 2.87. The number of carbonyl (C=O) groups excluding carboxylic acids is 1. The molecule has 1 amide bonds. The molecule has 0 bridgehead atoms. The molecule has 9 nitrogen and oxygen atoms in total. The zero-order valence-corrected chi connectivity index (χ0v) is 15.9. The number of aryl methyl sites for hydroxylation is 1. The van der Waals surface area contributed by atoms with Crippen LogP contribution in [0.25, 0.3) is 0 Å². The van der Waals surface area contributed by atoms with Crippen molar-refractivity contribution in [2.75, 3.05) is 32.8 Å². The van der Waals surface area contributed by atoms with Crippen molar-refractivity contribution in [3.63, 3.8) is 0 Å². The minimum atomic E-state index is -0.209. The van der Waals surface area contributed by atoms with Gasteiger partial charge in [-0.25, -0.2) is 4.79 Å². The van der Waals surface area contributed by atoms with E-state index in [2.05, 4.69) is 32.7 Å². The van der Waals surface area contributed by atoms with Crippen molar-refractivity contribution in [2.24, 2.45) is 4.99 Å². The van der Waals surface area contributed by atoms with E-state index in [1.807, 2.05) is 11.5 Å². The van der Waals surface area contributed by atoms with Crippen LogP contribution in [0.1, 0.15) is 39.5 Å². The molecular weight excluding hydrogens is 334 g/mol. The number of guanidine groups is 1. The maximum absolute atomic E-state index is 11.8. The van der Waals surface area contributed by atoms with Crippen LogP contribution in [0.3, 0.4) is 0 Å². The Morgan fingerprint density at radius 2 is 1.96 bits per heavy atom. The molecule has 2 N–H and O–H groups in total. The van der Waals surface area contributed by atoms with E-state index in [9.17, 15) is 4.79 Å². The number of likely N-dealkylation sites (tertiary alicyclic amines) is 1. The third kappa shape index (κ3) is 6.89. The van der Waals surface area contributed by atoms with Crippen LogP contribution in [0.5, 0.6) is 0 Å². The zero-order valence-electron chi connectivity index (χ0n) is 15.9. The minimum Gasteiger partial charge on any atom is -0.450 e. The van der Waals surface area contributed by atoms with Gasteiger partial charge in [0, 0.05) is 38.8 Å². The molecule has 1 saturated heterocycles. The molecule has 0 unspecified atom stereocenters. The van der Waals surface area contributed by atoms with Gasteiger partial charge in [-0.1, -0.05) is 0 Å². The highest BCUT2D eigenvalue weighted by molar-refractivity contribution is 5.80. The Morgan fingerprint density at radius 1 is 1.23 bits per heavy atom. The second-order valence-corrected chi connectivity index (χ2v) is 6.27. The molecule has 146 valence electrons. The van der Waals surface area contributed by atoms with E-state index in [0.29, 0.717) is 12.6 Å². The number of hydrogen-bond acceptors (Lipinski definition) is 5. The van der Waals surface area contributed by atoms with E-state index >= 15 is 0 Å². The molecule has 1 aliphatic rings. The Hall–Kier alpha value is -2.32. The first-order chi connectivity index (χ1) is 12.7. The molecular formula is C17H31N7O2. The summed E-state index contributed by atoms with van der Waals surface area (Å²) in [5, 5.41) is 14.4. The minimum absolute atomic E-state index is 0.209. The van der Waals surface area contributed by atoms with Crippen LogP contribution in [0, 0.1) is 0 Å². The number of amides is 1. The normalized spacial score (nSPS) is 15.8. The van der Waals surface area contributed by atoms with Gasteiger partial charge in [0.25, 0.3) is 0 Å². The standard InChI is InChI=1S/C17H31N7O2/c1-3-18-16(19-9-5-6-10-23-13-20-21-14-23)22-15-7-11-24(12-8-15)17(25)26-4-2/h13-15H,3-12H2,1-2H3,(H2,18,19,22). The first kappa shape index (κ1) is 20.0. The van der Waals surface area contributed by atoms with Gasteiger partial charge in [-0.05, 0) is 39.5 Å². The highest BCUT2D eigenvalue weighted by Gasteiger charge is 2.23. The lowest BCUT2D eigenvalue weighted by atomic mass is 10.1. The molecule has 0 saturated carbocycles. The summed E-state index contributed by atoms with van der Waals surface area (Å²) in [4.78, 5) is 18.2. The highest BCUT2D eigenvalue weighted by Crippen LogP contribution is 2.11. The lowest BCUT2D eigenvalue weighted by Crippen LogP contribution is -2.49. The fourth-order valence-corrected chi connectivity index (χ4v) is 2.87. The number of unbranched alkanes of at least 4 members (excludes halogenated alkanes) is 1. The Kier molecular flexibility index (Phi) is 8.71. The van der Waals surface area contributed by atoms with Crippen LogP contribution in [-0.2, 0) is 11.3 Å². The summed E-state index contributed by atoms with van der Waals surface area (Å²) < 4.78 is 7.04. The zero-order chi connectivity index (χ0) is 18.6. The van der Waals surface area contributed by atoms with Crippen molar-refractivity contribution >= 4 is 12.1 Å². The molecule has 1 aliphatic heterocycles. The average molecular weight is 365 g/mol. The second kappa shape index (κ2) is 11.3. The molecule has 1 aromatic rings. The van der Waals surface area contributed by atoms with Gasteiger partial charge in [0.1, 0.15) is 12.7 Å². The third-order valence-electron chi connectivity index (χ3n) is 4.27. The molecule has 0 aromatic carbocycles. The van der Waals surface area contributed by atoms with Crippen LogP contribution in [0.2, 0.25) is 0 Å². The number of aromatic nitrogens is 3. The fraction of sp³-hybridized carbons (Fsp3) is 0.765. The lowest BCUT2D eigenvalue weighted by molar-refractivity contribution is 0.0963. The Balaban J connectivity index is 1.69. The van der Waals surface area contributed by atoms with Crippen LogP contribution < -0.4 is 10.6 Å². The maximum Gasteiger partial charge on any atom is 0.409 e. The number of aliphatic imine (C=N–C) groups is 1. The van der Waals surface area contributed by atoms with E-state index in [4.69, 9.17) is 4.74 Å². The summed E-state index contributed by atoms with van der Waals surface area (Å²) in [6.07, 6.45) is 7.11. The first-order valence-corrected chi connectivity index (χ1v) is 9.51. The van der Waals surface area contributed by atoms with Gasteiger partial charge in [-0.3, -0.25) is 4.99 Å². The quantitative estimate of drug-likeness (QED) is 0.409. The van der Waals surface area contributed by atoms with E-state index in [1.165, 1.54) is 0 Å². The Bertz CT molecular complexity index is 539. The monoisotopic (exact) mass is 365 g/mol. The van der Waals surface area contributed by atoms with Crippen LogP contribution in [-0.4, -0.2) is 70.5 Å². The van der Waals surface area contributed by atoms with Crippen molar-refractivity contribution in [1.29, 1.82) is 0 Å². The van der Waals surface area contributed by atoms with Crippen LogP contribution >= 0.6 is 0 Å². The Morgan fingerprint density at radius 3 is 2.62 bits per heavy atom. The van der Waals surface area contributed by atoms with Gasteiger partial charge in [-0.2, -0.15) is 0 Å². The molecule has 0 atom stereocenters. The topological polar surface area (TPSA) is 96.7 Å². The molecule has 0 spiro atoms. The van der Waals surface area contributed by atoms with Gasteiger partial charge in [-0.15, -0.1) is 10.2 Å². The SMILES string of the molecule is CCNC(=NCCCCn1cnnc1)NC1CCN(C(=O)OCC)CC1. The van der Waals surface area contributed by atoms with Gasteiger partial charge in [0.15, 0.2) is 5.96 Å². The molecule has 1 aromatic heterocycles. The average Bonchev–Trinajstić information content (AvgIpc) is 3.16. The summed E-state index contributed by atoms with van der Waals surface area (Å²) in [6.45, 7) is 8.27. The van der Waals surface area contributed by atoms with Crippen LogP contribution in [0.15, 0.2) is 17.6 Å². The summed E-state index contributed by atoms with van der Waals surface area (Å²) in [6, 6.07) is 0.329. The number of ether oxygens (including phenoxy) is 1. The van der Waals surface area contributed by atoms with Gasteiger partial charge >= 0.3 is 6.09 Å². The molecule has 2 heterocycles. The molecule has 1 fully saturated rings. The van der Waals surface area contributed by atoms with Gasteiger partial charge in [0.05, 0.1) is 6.61 Å². The number of piperidine rings is 1. The van der Waals surface area contributed by atoms with E-state index < -0.39 is 0 Å². The molecule has 2 rings (SSSR count). The van der Waals surface area contributed by atoms with E-state index in [0.717, 1.165) is 64.4 Å². The molecule has 9 heteroatoms. The van der Waals surface area contributed by atoms with Crippen molar-refractivity contribution in [3.05, 3.63) is 12.7 Å². The number of carbonyl (C=O) groups is 1. The van der Waals surface area contributed by atoms with E-state index in [1.54, 1.807) is 17.6 Å². The van der Waals surface area contributed by atoms with Crippen molar-refractivity contribution in [3.8, 4) is 0 Å². The summed E-state index contributed by atoms with van der Waals surface area (Å²) in [5.74, 6) is 0.853.